The molecule has 0 aliphatic heterocycles. The molecule has 0 atom stereocenters. The second kappa shape index (κ2) is 5.51. The molecule has 0 amide bonds. The van der Waals surface area contributed by atoms with Gasteiger partial charge >= 0.3 is 6.18 Å². The normalized spacial score (nSPS) is 10.5. The molecule has 0 spiro atoms. The summed E-state index contributed by atoms with van der Waals surface area (Å²) in [4.78, 5) is 3.52. The molecule has 0 radical (unpaired) electrons. The molecule has 0 aliphatic rings. The summed E-state index contributed by atoms with van der Waals surface area (Å²) in [6, 6.07) is 11.2. The maximum atomic E-state index is 12.6. The summed E-state index contributed by atoms with van der Waals surface area (Å²) < 4.78 is 43.2. The summed E-state index contributed by atoms with van der Waals surface area (Å²) in [5.74, 6) is -0.0431. The lowest BCUT2D eigenvalue weighted by atomic mass is 10.2. The molecule has 0 saturated carbocycles. The standard InChI is InChI=1S/C14H6F3N3O/c15-14(16,17)10-5-6-13(20-11(10)8-19)21-12-4-2-1-3-9(12)7-18/h1-6H. The molecule has 4 nitrogen and oxygen atoms in total. The van der Waals surface area contributed by atoms with Gasteiger partial charge in [0.05, 0.1) is 11.1 Å². The highest BCUT2D eigenvalue weighted by Crippen LogP contribution is 2.33. The number of pyridine rings is 1. The molecule has 0 fully saturated rings. The van der Waals surface area contributed by atoms with Gasteiger partial charge in [0.25, 0.3) is 0 Å². The molecule has 21 heavy (non-hydrogen) atoms. The van der Waals surface area contributed by atoms with Crippen LogP contribution in [0.4, 0.5) is 13.2 Å². The van der Waals surface area contributed by atoms with Crippen LogP contribution in [0.3, 0.4) is 0 Å². The number of rotatable bonds is 2. The summed E-state index contributed by atoms with van der Waals surface area (Å²) in [6.07, 6.45) is -4.67. The highest BCUT2D eigenvalue weighted by atomic mass is 19.4. The van der Waals surface area contributed by atoms with Crippen LogP contribution in [0.1, 0.15) is 16.8 Å². The number of hydrogen-bond acceptors (Lipinski definition) is 4. The Morgan fingerprint density at radius 2 is 1.71 bits per heavy atom. The van der Waals surface area contributed by atoms with Crippen molar-refractivity contribution in [2.24, 2.45) is 0 Å². The van der Waals surface area contributed by atoms with Gasteiger partial charge in [0, 0.05) is 6.07 Å². The molecular formula is C14H6F3N3O. The summed E-state index contributed by atoms with van der Waals surface area (Å²) >= 11 is 0. The van der Waals surface area contributed by atoms with Gasteiger partial charge in [-0.2, -0.15) is 23.7 Å². The van der Waals surface area contributed by atoms with Crippen LogP contribution in [-0.4, -0.2) is 4.98 Å². The van der Waals surface area contributed by atoms with Crippen LogP contribution in [0.5, 0.6) is 11.6 Å². The summed E-state index contributed by atoms with van der Waals surface area (Å²) in [6.45, 7) is 0. The van der Waals surface area contributed by atoms with Gasteiger partial charge in [0.15, 0.2) is 5.69 Å². The number of ether oxygens (including phenoxy) is 1. The van der Waals surface area contributed by atoms with E-state index in [4.69, 9.17) is 15.3 Å². The molecule has 104 valence electrons. The van der Waals surface area contributed by atoms with Crippen LogP contribution in [-0.2, 0) is 6.18 Å². The topological polar surface area (TPSA) is 69.7 Å². The van der Waals surface area contributed by atoms with Crippen LogP contribution in [0.15, 0.2) is 36.4 Å². The minimum absolute atomic E-state index is 0.149. The Morgan fingerprint density at radius 1 is 1.00 bits per heavy atom. The van der Waals surface area contributed by atoms with Crippen LogP contribution < -0.4 is 4.74 Å². The average molecular weight is 289 g/mol. The summed E-state index contributed by atoms with van der Waals surface area (Å²) in [5, 5.41) is 17.6. The second-order valence-corrected chi connectivity index (χ2v) is 3.87. The number of hydrogen-bond donors (Lipinski definition) is 0. The molecule has 0 saturated heterocycles. The van der Waals surface area contributed by atoms with E-state index in [0.29, 0.717) is 0 Å². The average Bonchev–Trinajstić information content (AvgIpc) is 2.46. The Morgan fingerprint density at radius 3 is 2.33 bits per heavy atom. The Hall–Kier alpha value is -3.06. The number of para-hydroxylation sites is 1. The van der Waals surface area contributed by atoms with Crippen molar-refractivity contribution in [2.75, 3.05) is 0 Å². The van der Waals surface area contributed by atoms with Gasteiger partial charge in [-0.05, 0) is 18.2 Å². The van der Waals surface area contributed by atoms with E-state index in [0.717, 1.165) is 12.1 Å². The predicted octanol–water partition coefficient (Wildman–Crippen LogP) is 3.64. The first-order valence-electron chi connectivity index (χ1n) is 5.61. The fourth-order valence-corrected chi connectivity index (χ4v) is 1.57. The van der Waals surface area contributed by atoms with Crippen LogP contribution in [0.2, 0.25) is 0 Å². The zero-order valence-corrected chi connectivity index (χ0v) is 10.3. The molecule has 1 aromatic heterocycles. The third-order valence-electron chi connectivity index (χ3n) is 2.50. The smallest absolute Gasteiger partial charge is 0.419 e. The van der Waals surface area contributed by atoms with Gasteiger partial charge in [-0.25, -0.2) is 4.98 Å². The van der Waals surface area contributed by atoms with Crippen LogP contribution >= 0.6 is 0 Å². The molecule has 0 aliphatic carbocycles. The zero-order chi connectivity index (χ0) is 15.5. The quantitative estimate of drug-likeness (QED) is 0.846. The molecule has 2 aromatic rings. The number of alkyl halides is 3. The Kier molecular flexibility index (Phi) is 3.77. The van der Waals surface area contributed by atoms with E-state index in [9.17, 15) is 13.2 Å². The first kappa shape index (κ1) is 14.4. The maximum Gasteiger partial charge on any atom is 0.419 e. The predicted molar refractivity (Wildman–Crippen MR) is 65.2 cm³/mol. The summed E-state index contributed by atoms with van der Waals surface area (Å²) in [7, 11) is 0. The van der Waals surface area contributed by atoms with E-state index in [1.807, 2.05) is 6.07 Å². The number of benzene rings is 1. The van der Waals surface area contributed by atoms with Gasteiger partial charge in [-0.3, -0.25) is 0 Å². The fourth-order valence-electron chi connectivity index (χ4n) is 1.57. The molecule has 0 unspecified atom stereocenters. The van der Waals surface area contributed by atoms with Crippen molar-refractivity contribution in [3.05, 3.63) is 53.2 Å². The molecule has 7 heteroatoms. The van der Waals surface area contributed by atoms with Crippen molar-refractivity contribution >= 4 is 0 Å². The van der Waals surface area contributed by atoms with Crippen LogP contribution in [0.25, 0.3) is 0 Å². The van der Waals surface area contributed by atoms with Crippen molar-refractivity contribution in [3.8, 4) is 23.8 Å². The molecule has 1 heterocycles. The molecular weight excluding hydrogens is 283 g/mol. The second-order valence-electron chi connectivity index (χ2n) is 3.87. The highest BCUT2D eigenvalue weighted by Gasteiger charge is 2.34. The lowest BCUT2D eigenvalue weighted by molar-refractivity contribution is -0.138. The number of halogens is 3. The largest absolute Gasteiger partial charge is 0.438 e. The van der Waals surface area contributed by atoms with Gasteiger partial charge < -0.3 is 4.74 Å². The van der Waals surface area contributed by atoms with Crippen molar-refractivity contribution in [1.29, 1.82) is 10.5 Å². The Balaban J connectivity index is 2.40. The number of aromatic nitrogens is 1. The first-order chi connectivity index (χ1) is 9.95. The van der Waals surface area contributed by atoms with E-state index < -0.39 is 17.4 Å². The third kappa shape index (κ3) is 3.10. The lowest BCUT2D eigenvalue weighted by Gasteiger charge is -2.10. The SMILES string of the molecule is N#Cc1ccccc1Oc1ccc(C(F)(F)F)c(C#N)n1. The minimum atomic E-state index is -4.67. The third-order valence-corrected chi connectivity index (χ3v) is 2.50. The van der Waals surface area contributed by atoms with Crippen molar-refractivity contribution in [1.82, 2.24) is 4.98 Å². The molecule has 2 rings (SSSR count). The zero-order valence-electron chi connectivity index (χ0n) is 10.3. The van der Waals surface area contributed by atoms with Gasteiger partial charge in [0.1, 0.15) is 17.9 Å². The van der Waals surface area contributed by atoms with Crippen molar-refractivity contribution in [2.45, 2.75) is 6.18 Å². The van der Waals surface area contributed by atoms with E-state index in [1.54, 1.807) is 12.1 Å². The number of nitriles is 2. The molecule has 1 aromatic carbocycles. The Labute approximate surface area is 117 Å². The number of nitrogens with zero attached hydrogens (tertiary/aromatic N) is 3. The van der Waals surface area contributed by atoms with Crippen molar-refractivity contribution in [3.63, 3.8) is 0 Å². The van der Waals surface area contributed by atoms with Crippen molar-refractivity contribution < 1.29 is 17.9 Å². The minimum Gasteiger partial charge on any atom is -0.438 e. The highest BCUT2D eigenvalue weighted by molar-refractivity contribution is 5.45. The lowest BCUT2D eigenvalue weighted by Crippen LogP contribution is -2.09. The maximum absolute atomic E-state index is 12.6. The van der Waals surface area contributed by atoms with E-state index in [2.05, 4.69) is 4.98 Å². The van der Waals surface area contributed by atoms with E-state index in [1.165, 1.54) is 18.2 Å². The van der Waals surface area contributed by atoms with E-state index in [-0.39, 0.29) is 17.2 Å². The van der Waals surface area contributed by atoms with Gasteiger partial charge in [0.2, 0.25) is 5.88 Å². The monoisotopic (exact) mass is 289 g/mol. The van der Waals surface area contributed by atoms with Crippen LogP contribution in [0, 0.1) is 22.7 Å². The fraction of sp³-hybridized carbons (Fsp3) is 0.0714. The van der Waals surface area contributed by atoms with E-state index >= 15 is 0 Å². The first-order valence-corrected chi connectivity index (χ1v) is 5.61. The van der Waals surface area contributed by atoms with Gasteiger partial charge in [-0.1, -0.05) is 12.1 Å². The molecule has 0 bridgehead atoms. The van der Waals surface area contributed by atoms with Gasteiger partial charge in [-0.15, -0.1) is 0 Å². The Bertz CT molecular complexity index is 757. The summed E-state index contributed by atoms with van der Waals surface area (Å²) in [5.41, 5.74) is -1.71. The molecule has 0 N–H and O–H groups in total.